The minimum absolute atomic E-state index is 0.348. The van der Waals surface area contributed by atoms with Crippen LogP contribution in [0, 0.1) is 5.92 Å². The highest BCUT2D eigenvalue weighted by molar-refractivity contribution is 5.13. The van der Waals surface area contributed by atoms with Gasteiger partial charge < -0.3 is 9.47 Å². The van der Waals surface area contributed by atoms with Crippen LogP contribution in [0.25, 0.3) is 0 Å². The average molecular weight is 304 g/mol. The zero-order valence-electron chi connectivity index (χ0n) is 13.1. The predicted octanol–water partition coefficient (Wildman–Crippen LogP) is 3.95. The highest BCUT2D eigenvalue weighted by Crippen LogP contribution is 2.52. The highest BCUT2D eigenvalue weighted by Gasteiger charge is 2.60. The molecule has 0 radical (unpaired) electrons. The summed E-state index contributed by atoms with van der Waals surface area (Å²) >= 11 is 0. The van der Waals surface area contributed by atoms with Crippen LogP contribution in [0.2, 0.25) is 0 Å². The van der Waals surface area contributed by atoms with E-state index < -0.39 is 11.4 Å². The quantitative estimate of drug-likeness (QED) is 0.792. The molecule has 22 heavy (non-hydrogen) atoms. The van der Waals surface area contributed by atoms with Gasteiger partial charge in [-0.1, -0.05) is 43.2 Å². The molecule has 1 aromatic carbocycles. The Morgan fingerprint density at radius 1 is 1.09 bits per heavy atom. The fourth-order valence-corrected chi connectivity index (χ4v) is 4.06. The highest BCUT2D eigenvalue weighted by atomic mass is 17.3. The van der Waals surface area contributed by atoms with E-state index in [-0.39, 0.29) is 6.29 Å². The van der Waals surface area contributed by atoms with Gasteiger partial charge >= 0.3 is 0 Å². The molecule has 1 unspecified atom stereocenters. The van der Waals surface area contributed by atoms with Crippen LogP contribution >= 0.6 is 0 Å². The Bertz CT molecular complexity index is 515. The summed E-state index contributed by atoms with van der Waals surface area (Å²) in [4.78, 5) is 11.6. The lowest BCUT2D eigenvalue weighted by molar-refractivity contribution is -0.550. The van der Waals surface area contributed by atoms with E-state index in [2.05, 4.69) is 12.1 Å². The van der Waals surface area contributed by atoms with E-state index in [0.29, 0.717) is 12.5 Å². The molecule has 120 valence electrons. The Morgan fingerprint density at radius 2 is 1.95 bits per heavy atom. The third-order valence-corrected chi connectivity index (χ3v) is 5.38. The second-order valence-corrected chi connectivity index (χ2v) is 6.98. The number of ether oxygens (including phenoxy) is 2. The van der Waals surface area contributed by atoms with Crippen LogP contribution in [0.5, 0.6) is 0 Å². The predicted molar refractivity (Wildman–Crippen MR) is 80.6 cm³/mol. The van der Waals surface area contributed by atoms with E-state index >= 15 is 0 Å². The molecule has 1 aliphatic carbocycles. The molecular formula is C18H24O4. The Labute approximate surface area is 131 Å². The Hall–Kier alpha value is -0.940. The maximum Gasteiger partial charge on any atom is 0.201 e. The van der Waals surface area contributed by atoms with Crippen molar-refractivity contribution in [1.29, 1.82) is 0 Å². The van der Waals surface area contributed by atoms with Crippen molar-refractivity contribution in [2.75, 3.05) is 0 Å². The first-order chi connectivity index (χ1) is 10.7. The second-order valence-electron chi connectivity index (χ2n) is 6.98. The Kier molecular flexibility index (Phi) is 3.73. The number of hydrogen-bond acceptors (Lipinski definition) is 4. The molecule has 1 aromatic rings. The lowest BCUT2D eigenvalue weighted by Crippen LogP contribution is -2.59. The SMILES string of the molecule is C[C@@]12CC[C@@H]3CCCC[C@]3(OO1)C(OCc1ccccc1)O2. The smallest absolute Gasteiger partial charge is 0.201 e. The van der Waals surface area contributed by atoms with E-state index in [1.165, 1.54) is 12.8 Å². The summed E-state index contributed by atoms with van der Waals surface area (Å²) in [7, 11) is 0. The van der Waals surface area contributed by atoms with Gasteiger partial charge in [0.05, 0.1) is 6.61 Å². The molecular weight excluding hydrogens is 280 g/mol. The molecule has 0 amide bonds. The first kappa shape index (κ1) is 14.6. The number of hydrogen-bond donors (Lipinski definition) is 0. The normalized spacial score (nSPS) is 41.0. The Balaban J connectivity index is 1.56. The zero-order chi connectivity index (χ0) is 15.0. The summed E-state index contributed by atoms with van der Waals surface area (Å²) in [5, 5.41) is 0. The van der Waals surface area contributed by atoms with Crippen LogP contribution in [0.1, 0.15) is 51.0 Å². The van der Waals surface area contributed by atoms with Crippen LogP contribution in [0.15, 0.2) is 30.3 Å². The number of rotatable bonds is 3. The maximum absolute atomic E-state index is 6.21. The van der Waals surface area contributed by atoms with Crippen molar-refractivity contribution in [3.8, 4) is 0 Å². The fourth-order valence-electron chi connectivity index (χ4n) is 4.06. The van der Waals surface area contributed by atoms with Crippen molar-refractivity contribution in [2.24, 2.45) is 5.92 Å². The molecule has 0 N–H and O–H groups in total. The molecule has 3 heterocycles. The molecule has 4 aliphatic rings. The van der Waals surface area contributed by atoms with E-state index in [9.17, 15) is 0 Å². The molecule has 4 nitrogen and oxygen atoms in total. The van der Waals surface area contributed by atoms with Gasteiger partial charge in [-0.3, -0.25) is 0 Å². The van der Waals surface area contributed by atoms with Crippen molar-refractivity contribution >= 4 is 0 Å². The lowest BCUT2D eigenvalue weighted by atomic mass is 9.73. The minimum Gasteiger partial charge on any atom is -0.345 e. The van der Waals surface area contributed by atoms with Gasteiger partial charge in [0.25, 0.3) is 0 Å². The molecule has 1 spiro atoms. The summed E-state index contributed by atoms with van der Waals surface area (Å²) in [6.07, 6.45) is 6.13. The van der Waals surface area contributed by atoms with Gasteiger partial charge in [0.1, 0.15) is 0 Å². The minimum atomic E-state index is -0.677. The van der Waals surface area contributed by atoms with Gasteiger partial charge in [0, 0.05) is 6.42 Å². The zero-order valence-corrected chi connectivity index (χ0v) is 13.1. The van der Waals surface area contributed by atoms with Gasteiger partial charge in [0.15, 0.2) is 11.9 Å². The van der Waals surface area contributed by atoms with Crippen molar-refractivity contribution < 1.29 is 19.2 Å². The second kappa shape index (κ2) is 5.60. The third kappa shape index (κ3) is 2.48. The molecule has 5 rings (SSSR count). The van der Waals surface area contributed by atoms with Crippen LogP contribution in [0.4, 0.5) is 0 Å². The van der Waals surface area contributed by atoms with Gasteiger partial charge in [-0.05, 0) is 37.7 Å². The third-order valence-electron chi connectivity index (χ3n) is 5.38. The fraction of sp³-hybridized carbons (Fsp3) is 0.667. The summed E-state index contributed by atoms with van der Waals surface area (Å²) in [6, 6.07) is 10.2. The molecule has 4 fully saturated rings. The van der Waals surface area contributed by atoms with Crippen molar-refractivity contribution in [1.82, 2.24) is 0 Å². The van der Waals surface area contributed by atoms with E-state index in [1.807, 2.05) is 25.1 Å². The van der Waals surface area contributed by atoms with Crippen molar-refractivity contribution in [2.45, 2.75) is 69.7 Å². The molecule has 0 aromatic heterocycles. The van der Waals surface area contributed by atoms with Gasteiger partial charge in [-0.15, -0.1) is 0 Å². The molecule has 1 saturated carbocycles. The number of benzene rings is 1. The first-order valence-electron chi connectivity index (χ1n) is 8.40. The van der Waals surface area contributed by atoms with Crippen LogP contribution < -0.4 is 0 Å². The van der Waals surface area contributed by atoms with Gasteiger partial charge in [0.2, 0.25) is 5.79 Å². The van der Waals surface area contributed by atoms with Gasteiger partial charge in [-0.25, -0.2) is 9.78 Å². The molecule has 3 aliphatic heterocycles. The summed E-state index contributed by atoms with van der Waals surface area (Å²) in [5.74, 6) is -0.212. The van der Waals surface area contributed by atoms with E-state index in [0.717, 1.165) is 31.2 Å². The number of fused-ring (bicyclic) bond motifs is 3. The summed E-state index contributed by atoms with van der Waals surface area (Å²) < 4.78 is 12.4. The summed E-state index contributed by atoms with van der Waals surface area (Å²) in [5.41, 5.74) is 0.726. The van der Waals surface area contributed by atoms with Crippen LogP contribution in [-0.4, -0.2) is 17.7 Å². The Morgan fingerprint density at radius 3 is 2.82 bits per heavy atom. The molecule has 3 saturated heterocycles. The topological polar surface area (TPSA) is 36.9 Å². The molecule has 4 atom stereocenters. The van der Waals surface area contributed by atoms with Crippen molar-refractivity contribution in [3.05, 3.63) is 35.9 Å². The van der Waals surface area contributed by atoms with E-state index in [4.69, 9.17) is 19.2 Å². The average Bonchev–Trinajstić information content (AvgIpc) is 2.78. The monoisotopic (exact) mass is 304 g/mol. The maximum atomic E-state index is 6.21. The van der Waals surface area contributed by atoms with Crippen LogP contribution in [0.3, 0.4) is 0 Å². The summed E-state index contributed by atoms with van der Waals surface area (Å²) in [6.45, 7) is 2.50. The largest absolute Gasteiger partial charge is 0.345 e. The molecule has 4 heteroatoms. The van der Waals surface area contributed by atoms with Crippen molar-refractivity contribution in [3.63, 3.8) is 0 Å². The van der Waals surface area contributed by atoms with Gasteiger partial charge in [-0.2, -0.15) is 0 Å². The van der Waals surface area contributed by atoms with E-state index in [1.54, 1.807) is 0 Å². The standard InChI is InChI=1S/C18H24O4/c1-17-12-10-15-9-5-6-11-18(15,22-21-17)16(20-17)19-13-14-7-3-2-4-8-14/h2-4,7-8,15-16H,5-6,9-13H2,1H3/t15-,16?,17-,18+/m0/s1. The molecule has 2 bridgehead atoms. The van der Waals surface area contributed by atoms with Crippen LogP contribution in [-0.2, 0) is 25.9 Å². The lowest BCUT2D eigenvalue weighted by Gasteiger charge is -2.49. The first-order valence-corrected chi connectivity index (χ1v) is 8.40.